The number of nitrogens with two attached hydrogens (primary N) is 1. The van der Waals surface area contributed by atoms with E-state index >= 15 is 0 Å². The summed E-state index contributed by atoms with van der Waals surface area (Å²) in [6.07, 6.45) is 4.92. The summed E-state index contributed by atoms with van der Waals surface area (Å²) in [5, 5.41) is 3.68. The van der Waals surface area contributed by atoms with Gasteiger partial charge in [0.05, 0.1) is 5.41 Å². The molecule has 1 heterocycles. The van der Waals surface area contributed by atoms with E-state index in [2.05, 4.69) is 37.4 Å². The first-order chi connectivity index (χ1) is 11.5. The zero-order valence-electron chi connectivity index (χ0n) is 14.9. The maximum absolute atomic E-state index is 12.1. The summed E-state index contributed by atoms with van der Waals surface area (Å²) in [5.41, 5.74) is 9.54. The molecule has 24 heavy (non-hydrogen) atoms. The van der Waals surface area contributed by atoms with E-state index < -0.39 is 5.41 Å². The Balaban J connectivity index is 1.77. The molecule has 132 valence electrons. The zero-order chi connectivity index (χ0) is 17.2. The largest absolute Gasteiger partial charge is 0.381 e. The minimum absolute atomic E-state index is 0.190. The molecule has 0 spiro atoms. The maximum atomic E-state index is 12.1. The summed E-state index contributed by atoms with van der Waals surface area (Å²) in [7, 11) is 0. The summed E-state index contributed by atoms with van der Waals surface area (Å²) < 4.78 is 5.43. The number of aryl methyl sites for hydroxylation is 1. The van der Waals surface area contributed by atoms with Crippen molar-refractivity contribution >= 4 is 5.91 Å². The topological polar surface area (TPSA) is 64.3 Å². The van der Waals surface area contributed by atoms with Gasteiger partial charge >= 0.3 is 0 Å². The fraction of sp³-hybridized carbons (Fsp3) is 0.650. The standard InChI is InChI=1S/C20H30N2O2/c1-14(2)16-7-6-15-4-3-5-18(17(15)12-16)22-13-20(19(21)23)8-10-24-11-9-20/h6-7,12,14,18,22H,3-5,8-11,13H2,1-2H3,(H2,21,23). The van der Waals surface area contributed by atoms with Gasteiger partial charge in [0, 0.05) is 25.8 Å². The van der Waals surface area contributed by atoms with E-state index in [0.29, 0.717) is 31.7 Å². The van der Waals surface area contributed by atoms with Gasteiger partial charge in [0.1, 0.15) is 0 Å². The predicted octanol–water partition coefficient (Wildman–Crippen LogP) is 3.06. The molecule has 1 aromatic rings. The van der Waals surface area contributed by atoms with Crippen molar-refractivity contribution in [2.45, 2.75) is 57.9 Å². The fourth-order valence-corrected chi connectivity index (χ4v) is 3.98. The molecule has 1 aliphatic carbocycles. The van der Waals surface area contributed by atoms with Crippen LogP contribution in [0.1, 0.15) is 68.2 Å². The van der Waals surface area contributed by atoms with Crippen molar-refractivity contribution in [3.8, 4) is 0 Å². The summed E-state index contributed by atoms with van der Waals surface area (Å²) in [6.45, 7) is 6.38. The number of hydrogen-bond acceptors (Lipinski definition) is 3. The fourth-order valence-electron chi connectivity index (χ4n) is 3.98. The normalized spacial score (nSPS) is 23.0. The third-order valence-electron chi connectivity index (χ3n) is 5.81. The molecular weight excluding hydrogens is 300 g/mol. The number of amides is 1. The molecule has 3 N–H and O–H groups in total. The van der Waals surface area contributed by atoms with Crippen molar-refractivity contribution in [3.63, 3.8) is 0 Å². The van der Waals surface area contributed by atoms with Crippen LogP contribution in [0.2, 0.25) is 0 Å². The Morgan fingerprint density at radius 2 is 2.12 bits per heavy atom. The molecule has 1 fully saturated rings. The minimum atomic E-state index is -0.453. The first-order valence-electron chi connectivity index (χ1n) is 9.25. The molecule has 4 heteroatoms. The Bertz CT molecular complexity index is 591. The van der Waals surface area contributed by atoms with E-state index in [9.17, 15) is 4.79 Å². The van der Waals surface area contributed by atoms with Gasteiger partial charge in [-0.25, -0.2) is 0 Å². The lowest BCUT2D eigenvalue weighted by Crippen LogP contribution is -2.49. The van der Waals surface area contributed by atoms with E-state index in [-0.39, 0.29) is 5.91 Å². The van der Waals surface area contributed by atoms with Gasteiger partial charge in [-0.15, -0.1) is 0 Å². The van der Waals surface area contributed by atoms with Crippen LogP contribution in [0.25, 0.3) is 0 Å². The molecule has 0 bridgehead atoms. The molecule has 3 rings (SSSR count). The van der Waals surface area contributed by atoms with E-state index in [1.807, 2.05) is 0 Å². The minimum Gasteiger partial charge on any atom is -0.381 e. The van der Waals surface area contributed by atoms with Crippen molar-refractivity contribution in [2.75, 3.05) is 19.8 Å². The number of rotatable bonds is 5. The van der Waals surface area contributed by atoms with Crippen LogP contribution in [-0.4, -0.2) is 25.7 Å². The predicted molar refractivity (Wildman–Crippen MR) is 95.9 cm³/mol. The lowest BCUT2D eigenvalue weighted by molar-refractivity contribution is -0.133. The molecule has 1 aromatic carbocycles. The zero-order valence-corrected chi connectivity index (χ0v) is 14.9. The Kier molecular flexibility index (Phi) is 5.26. The van der Waals surface area contributed by atoms with Gasteiger partial charge in [-0.05, 0) is 54.7 Å². The molecule has 1 saturated heterocycles. The molecule has 0 saturated carbocycles. The Hall–Kier alpha value is -1.39. The van der Waals surface area contributed by atoms with E-state index in [1.165, 1.54) is 23.1 Å². The molecular formula is C20H30N2O2. The van der Waals surface area contributed by atoms with E-state index in [1.54, 1.807) is 0 Å². The number of benzene rings is 1. The third kappa shape index (κ3) is 3.50. The highest BCUT2D eigenvalue weighted by atomic mass is 16.5. The van der Waals surface area contributed by atoms with Gasteiger partial charge in [-0.1, -0.05) is 32.0 Å². The van der Waals surface area contributed by atoms with Crippen LogP contribution in [0.3, 0.4) is 0 Å². The Morgan fingerprint density at radius 1 is 1.38 bits per heavy atom. The molecule has 1 unspecified atom stereocenters. The number of hydrogen-bond donors (Lipinski definition) is 2. The Morgan fingerprint density at radius 3 is 2.79 bits per heavy atom. The molecule has 1 atom stereocenters. The smallest absolute Gasteiger partial charge is 0.225 e. The highest BCUT2D eigenvalue weighted by Crippen LogP contribution is 2.35. The quantitative estimate of drug-likeness (QED) is 0.872. The summed E-state index contributed by atoms with van der Waals surface area (Å²) in [4.78, 5) is 12.1. The molecule has 4 nitrogen and oxygen atoms in total. The average molecular weight is 330 g/mol. The third-order valence-corrected chi connectivity index (χ3v) is 5.81. The second kappa shape index (κ2) is 7.24. The average Bonchev–Trinajstić information content (AvgIpc) is 2.60. The highest BCUT2D eigenvalue weighted by molar-refractivity contribution is 5.81. The van der Waals surface area contributed by atoms with Crippen LogP contribution in [0.15, 0.2) is 18.2 Å². The van der Waals surface area contributed by atoms with Gasteiger partial charge in [0.25, 0.3) is 0 Å². The molecule has 0 radical (unpaired) electrons. The van der Waals surface area contributed by atoms with Gasteiger partial charge in [-0.3, -0.25) is 4.79 Å². The van der Waals surface area contributed by atoms with Crippen LogP contribution in [0.5, 0.6) is 0 Å². The number of carbonyl (C=O) groups is 1. The Labute approximate surface area is 145 Å². The van der Waals surface area contributed by atoms with Crippen molar-refractivity contribution in [1.82, 2.24) is 5.32 Å². The molecule has 1 aliphatic heterocycles. The number of nitrogens with one attached hydrogen (secondary N) is 1. The maximum Gasteiger partial charge on any atom is 0.225 e. The lowest BCUT2D eigenvalue weighted by Gasteiger charge is -2.37. The van der Waals surface area contributed by atoms with Crippen molar-refractivity contribution in [3.05, 3.63) is 34.9 Å². The second-order valence-corrected chi connectivity index (χ2v) is 7.70. The van der Waals surface area contributed by atoms with Crippen LogP contribution in [0, 0.1) is 5.41 Å². The van der Waals surface area contributed by atoms with E-state index in [0.717, 1.165) is 25.7 Å². The highest BCUT2D eigenvalue weighted by Gasteiger charge is 2.39. The van der Waals surface area contributed by atoms with Crippen LogP contribution >= 0.6 is 0 Å². The second-order valence-electron chi connectivity index (χ2n) is 7.70. The van der Waals surface area contributed by atoms with Crippen LogP contribution < -0.4 is 11.1 Å². The first kappa shape index (κ1) is 17.4. The summed E-state index contributed by atoms with van der Waals surface area (Å²) >= 11 is 0. The number of ether oxygens (including phenoxy) is 1. The number of carbonyl (C=O) groups excluding carboxylic acids is 1. The van der Waals surface area contributed by atoms with Gasteiger partial charge in [0.2, 0.25) is 5.91 Å². The number of fused-ring (bicyclic) bond motifs is 1. The van der Waals surface area contributed by atoms with E-state index in [4.69, 9.17) is 10.5 Å². The van der Waals surface area contributed by atoms with Gasteiger partial charge < -0.3 is 15.8 Å². The summed E-state index contributed by atoms with van der Waals surface area (Å²) in [5.74, 6) is 0.343. The SMILES string of the molecule is CC(C)c1ccc2c(c1)C(NCC1(C(N)=O)CCOCC1)CCC2. The van der Waals surface area contributed by atoms with Crippen LogP contribution in [-0.2, 0) is 16.0 Å². The van der Waals surface area contributed by atoms with Gasteiger partial charge in [-0.2, -0.15) is 0 Å². The van der Waals surface area contributed by atoms with Gasteiger partial charge in [0.15, 0.2) is 0 Å². The van der Waals surface area contributed by atoms with Crippen molar-refractivity contribution < 1.29 is 9.53 Å². The number of primary amides is 1. The lowest BCUT2D eigenvalue weighted by atomic mass is 9.78. The van der Waals surface area contributed by atoms with Crippen molar-refractivity contribution in [2.24, 2.45) is 11.1 Å². The monoisotopic (exact) mass is 330 g/mol. The van der Waals surface area contributed by atoms with Crippen molar-refractivity contribution in [1.29, 1.82) is 0 Å². The first-order valence-corrected chi connectivity index (χ1v) is 9.25. The molecule has 2 aliphatic rings. The molecule has 0 aromatic heterocycles. The summed E-state index contributed by atoms with van der Waals surface area (Å²) in [6, 6.07) is 7.23. The molecule has 1 amide bonds. The van der Waals surface area contributed by atoms with Crippen LogP contribution in [0.4, 0.5) is 0 Å².